The average Bonchev–Trinajstić information content (AvgIpc) is 2.61. The maximum absolute atomic E-state index is 11.2. The number of carbonyl (C=O) groups is 1. The minimum Gasteiger partial charge on any atom is -0.294 e. The molecule has 2 nitrogen and oxygen atoms in total. The van der Waals surface area contributed by atoms with Gasteiger partial charge in [-0.2, -0.15) is 5.26 Å². The molecular formula is C9H5NOS2. The fraction of sp³-hybridized carbons (Fsp3) is 0.111. The standard InChI is InChI=1S/C9H5NOS2/c1-5(11)7-4-13-9-8(7)6(2-10)3-12-9/h3-4H,1H3. The van der Waals surface area contributed by atoms with E-state index < -0.39 is 0 Å². The van der Waals surface area contributed by atoms with Crippen LogP contribution in [0.4, 0.5) is 0 Å². The molecule has 64 valence electrons. The lowest BCUT2D eigenvalue weighted by Crippen LogP contribution is -1.88. The first-order valence-corrected chi connectivity index (χ1v) is 5.39. The van der Waals surface area contributed by atoms with Crippen LogP contribution in [0.3, 0.4) is 0 Å². The predicted octanol–water partition coefficient (Wildman–Crippen LogP) is 3.04. The summed E-state index contributed by atoms with van der Waals surface area (Å²) in [4.78, 5) is 11.2. The number of hydrogen-bond donors (Lipinski definition) is 0. The van der Waals surface area contributed by atoms with E-state index >= 15 is 0 Å². The maximum Gasteiger partial charge on any atom is 0.161 e. The average molecular weight is 207 g/mol. The van der Waals surface area contributed by atoms with Crippen molar-refractivity contribution < 1.29 is 4.79 Å². The van der Waals surface area contributed by atoms with E-state index in [9.17, 15) is 4.79 Å². The zero-order valence-electron chi connectivity index (χ0n) is 6.83. The lowest BCUT2D eigenvalue weighted by Gasteiger charge is -1.88. The monoisotopic (exact) mass is 207 g/mol. The molecule has 2 rings (SSSR count). The molecule has 13 heavy (non-hydrogen) atoms. The van der Waals surface area contributed by atoms with Crippen molar-refractivity contribution in [2.24, 2.45) is 0 Å². The molecule has 0 saturated heterocycles. The molecule has 0 unspecified atom stereocenters. The molecule has 0 N–H and O–H groups in total. The van der Waals surface area contributed by atoms with Gasteiger partial charge in [0.05, 0.1) is 9.58 Å². The van der Waals surface area contributed by atoms with E-state index in [0.29, 0.717) is 11.1 Å². The van der Waals surface area contributed by atoms with E-state index in [2.05, 4.69) is 6.07 Å². The summed E-state index contributed by atoms with van der Waals surface area (Å²) >= 11 is 3.05. The molecule has 4 heteroatoms. The lowest BCUT2D eigenvalue weighted by atomic mass is 10.1. The van der Waals surface area contributed by atoms with Gasteiger partial charge >= 0.3 is 0 Å². The number of nitrogens with zero attached hydrogens (tertiary/aromatic N) is 1. The number of rotatable bonds is 1. The Morgan fingerprint density at radius 1 is 1.46 bits per heavy atom. The topological polar surface area (TPSA) is 40.9 Å². The van der Waals surface area contributed by atoms with Gasteiger partial charge in [0, 0.05) is 21.7 Å². The second-order valence-corrected chi connectivity index (χ2v) is 4.65. The molecule has 2 heterocycles. The predicted molar refractivity (Wildman–Crippen MR) is 54.4 cm³/mol. The quantitative estimate of drug-likeness (QED) is 0.674. The van der Waals surface area contributed by atoms with E-state index in [-0.39, 0.29) is 5.78 Å². The fourth-order valence-corrected chi connectivity index (χ4v) is 3.29. The molecule has 0 aliphatic carbocycles. The van der Waals surface area contributed by atoms with Crippen LogP contribution in [0.1, 0.15) is 22.8 Å². The highest BCUT2D eigenvalue weighted by Crippen LogP contribution is 2.34. The molecule has 0 spiro atoms. The van der Waals surface area contributed by atoms with E-state index in [4.69, 9.17) is 5.26 Å². The molecule has 0 bridgehead atoms. The summed E-state index contributed by atoms with van der Waals surface area (Å²) < 4.78 is 1.06. The second-order valence-electron chi connectivity index (χ2n) is 2.63. The number of Topliss-reactive ketones (excluding diaryl/α,β-unsaturated/α-hetero) is 1. The van der Waals surface area contributed by atoms with Crippen LogP contribution < -0.4 is 0 Å². The number of carbonyl (C=O) groups excluding carboxylic acids is 1. The highest BCUT2D eigenvalue weighted by atomic mass is 32.2. The van der Waals surface area contributed by atoms with Crippen molar-refractivity contribution in [2.75, 3.05) is 0 Å². The molecule has 0 atom stereocenters. The van der Waals surface area contributed by atoms with Crippen LogP contribution in [-0.4, -0.2) is 5.78 Å². The molecule has 2 aromatic heterocycles. The van der Waals surface area contributed by atoms with Gasteiger partial charge in [0.2, 0.25) is 0 Å². The summed E-state index contributed by atoms with van der Waals surface area (Å²) in [6.07, 6.45) is 0. The van der Waals surface area contributed by atoms with Crippen molar-refractivity contribution in [3.63, 3.8) is 0 Å². The fourth-order valence-electron chi connectivity index (χ4n) is 1.19. The van der Waals surface area contributed by atoms with Crippen molar-refractivity contribution in [3.8, 4) is 6.07 Å². The van der Waals surface area contributed by atoms with Crippen LogP contribution in [0.15, 0.2) is 10.8 Å². The minimum atomic E-state index is 0.0288. The van der Waals surface area contributed by atoms with Gasteiger partial charge in [-0.1, -0.05) is 0 Å². The Morgan fingerprint density at radius 3 is 2.77 bits per heavy atom. The largest absolute Gasteiger partial charge is 0.294 e. The highest BCUT2D eigenvalue weighted by Gasteiger charge is 2.13. The van der Waals surface area contributed by atoms with Gasteiger partial charge in [-0.25, -0.2) is 0 Å². The molecule has 0 fully saturated rings. The van der Waals surface area contributed by atoms with E-state index in [0.717, 1.165) is 9.40 Å². The highest BCUT2D eigenvalue weighted by molar-refractivity contribution is 7.37. The summed E-state index contributed by atoms with van der Waals surface area (Å²) in [5, 5.41) is 13.3. The number of nitriles is 1. The Morgan fingerprint density at radius 2 is 2.15 bits per heavy atom. The molecular weight excluding hydrogens is 202 g/mol. The molecule has 0 amide bonds. The molecule has 0 saturated carbocycles. The number of thiophene rings is 2. The molecule has 0 aliphatic rings. The summed E-state index contributed by atoms with van der Waals surface area (Å²) in [6.45, 7) is 1.53. The van der Waals surface area contributed by atoms with E-state index in [1.54, 1.807) is 5.38 Å². The van der Waals surface area contributed by atoms with Crippen LogP contribution in [0.2, 0.25) is 0 Å². The molecule has 2 aromatic rings. The zero-order valence-corrected chi connectivity index (χ0v) is 8.46. The van der Waals surface area contributed by atoms with Crippen LogP contribution in [-0.2, 0) is 0 Å². The Bertz CT molecular complexity index is 515. The van der Waals surface area contributed by atoms with Crippen LogP contribution in [0, 0.1) is 11.3 Å². The van der Waals surface area contributed by atoms with Gasteiger partial charge in [-0.15, -0.1) is 22.7 Å². The van der Waals surface area contributed by atoms with E-state index in [1.807, 2.05) is 5.38 Å². The third-order valence-electron chi connectivity index (χ3n) is 1.81. The van der Waals surface area contributed by atoms with Crippen LogP contribution in [0.25, 0.3) is 9.40 Å². The van der Waals surface area contributed by atoms with Gasteiger partial charge in [0.25, 0.3) is 0 Å². The van der Waals surface area contributed by atoms with Crippen LogP contribution >= 0.6 is 22.7 Å². The first-order chi connectivity index (χ1) is 6.24. The minimum absolute atomic E-state index is 0.0288. The maximum atomic E-state index is 11.2. The van der Waals surface area contributed by atoms with E-state index in [1.165, 1.54) is 29.6 Å². The Balaban J connectivity index is 2.85. The molecule has 0 radical (unpaired) electrons. The first-order valence-electron chi connectivity index (χ1n) is 3.63. The van der Waals surface area contributed by atoms with Gasteiger partial charge < -0.3 is 0 Å². The van der Waals surface area contributed by atoms with Gasteiger partial charge in [0.15, 0.2) is 5.78 Å². The smallest absolute Gasteiger partial charge is 0.161 e. The Labute approximate surface area is 83.0 Å². The Hall–Kier alpha value is -1.18. The summed E-state index contributed by atoms with van der Waals surface area (Å²) in [5.74, 6) is 0.0288. The third kappa shape index (κ3) is 1.17. The number of hydrogen-bond acceptors (Lipinski definition) is 4. The second kappa shape index (κ2) is 2.95. The number of ketones is 1. The summed E-state index contributed by atoms with van der Waals surface area (Å²) in [6, 6.07) is 2.10. The van der Waals surface area contributed by atoms with Crippen molar-refractivity contribution >= 4 is 37.9 Å². The molecule has 0 aromatic carbocycles. The first kappa shape index (κ1) is 8.42. The number of fused-ring (bicyclic) bond motifs is 1. The van der Waals surface area contributed by atoms with Gasteiger partial charge in [0.1, 0.15) is 6.07 Å². The van der Waals surface area contributed by atoms with Gasteiger partial charge in [-0.05, 0) is 6.92 Å². The SMILES string of the molecule is CC(=O)c1csc2scc(C#N)c12. The normalized spacial score (nSPS) is 10.2. The van der Waals surface area contributed by atoms with Crippen molar-refractivity contribution in [3.05, 3.63) is 21.9 Å². The summed E-state index contributed by atoms with van der Waals surface area (Å²) in [5.41, 5.74) is 1.30. The summed E-state index contributed by atoms with van der Waals surface area (Å²) in [7, 11) is 0. The van der Waals surface area contributed by atoms with Gasteiger partial charge in [-0.3, -0.25) is 4.79 Å². The third-order valence-corrected chi connectivity index (χ3v) is 3.93. The van der Waals surface area contributed by atoms with Crippen molar-refractivity contribution in [2.45, 2.75) is 6.92 Å². The Kier molecular flexibility index (Phi) is 1.91. The lowest BCUT2D eigenvalue weighted by molar-refractivity contribution is 0.101. The van der Waals surface area contributed by atoms with Crippen LogP contribution in [0.5, 0.6) is 0 Å². The van der Waals surface area contributed by atoms with Crippen molar-refractivity contribution in [1.82, 2.24) is 0 Å². The molecule has 0 aliphatic heterocycles. The zero-order chi connectivity index (χ0) is 9.42. The van der Waals surface area contributed by atoms with Crippen molar-refractivity contribution in [1.29, 1.82) is 5.26 Å².